The number of nitrogens with zero attached hydrogens (tertiary/aromatic N) is 1. The van der Waals surface area contributed by atoms with Gasteiger partial charge < -0.3 is 15.7 Å². The second-order valence-electron chi connectivity index (χ2n) is 4.35. The van der Waals surface area contributed by atoms with Crippen LogP contribution in [0, 0.1) is 6.92 Å². The summed E-state index contributed by atoms with van der Waals surface area (Å²) in [5.74, 6) is 1.24. The minimum Gasteiger partial charge on any atom is -0.455 e. The molecule has 0 atom stereocenters. The van der Waals surface area contributed by atoms with Crippen LogP contribution in [0.4, 0.5) is 0 Å². The van der Waals surface area contributed by atoms with Crippen LogP contribution in [-0.4, -0.2) is 17.3 Å². The van der Waals surface area contributed by atoms with E-state index in [0.717, 1.165) is 14.9 Å². The van der Waals surface area contributed by atoms with Crippen LogP contribution in [0.2, 0.25) is 0 Å². The summed E-state index contributed by atoms with van der Waals surface area (Å²) in [7, 11) is 0. The second-order valence-corrected chi connectivity index (χ2v) is 6.06. The Bertz CT molecular complexity index is 689. The van der Waals surface area contributed by atoms with Crippen molar-refractivity contribution in [2.75, 3.05) is 6.26 Å². The molecule has 3 N–H and O–H groups in total. The lowest BCUT2D eigenvalue weighted by atomic mass is 10.2. The van der Waals surface area contributed by atoms with E-state index in [9.17, 15) is 0 Å². The van der Waals surface area contributed by atoms with Crippen LogP contribution in [-0.2, 0) is 0 Å². The molecule has 0 aliphatic carbocycles. The van der Waals surface area contributed by atoms with Crippen LogP contribution in [0.5, 0.6) is 11.5 Å². The number of oxime groups is 1. The summed E-state index contributed by atoms with van der Waals surface area (Å²) in [6, 6.07) is 11.4. The quantitative estimate of drug-likeness (QED) is 0.277. The third-order valence-corrected chi connectivity index (χ3v) is 4.28. The van der Waals surface area contributed by atoms with Gasteiger partial charge in [-0.2, -0.15) is 0 Å². The molecule has 0 aromatic heterocycles. The number of hydrogen-bond donors (Lipinski definition) is 2. The first kappa shape index (κ1) is 15.7. The Hall–Kier alpha value is -1.66. The van der Waals surface area contributed by atoms with E-state index in [1.807, 2.05) is 43.5 Å². The van der Waals surface area contributed by atoms with Gasteiger partial charge in [0.1, 0.15) is 11.5 Å². The molecule has 0 bridgehead atoms. The normalized spacial score (nSPS) is 11.5. The van der Waals surface area contributed by atoms with Crippen molar-refractivity contribution < 1.29 is 9.94 Å². The molecule has 0 aliphatic heterocycles. The Balaban J connectivity index is 2.49. The van der Waals surface area contributed by atoms with Crippen molar-refractivity contribution in [2.24, 2.45) is 10.9 Å². The molecule has 2 aromatic carbocycles. The summed E-state index contributed by atoms with van der Waals surface area (Å²) in [6.07, 6.45) is 1.93. The average molecular weight is 367 g/mol. The van der Waals surface area contributed by atoms with Crippen LogP contribution >= 0.6 is 27.7 Å². The topological polar surface area (TPSA) is 67.8 Å². The van der Waals surface area contributed by atoms with Gasteiger partial charge in [0.15, 0.2) is 5.84 Å². The van der Waals surface area contributed by atoms with Crippen molar-refractivity contribution in [1.29, 1.82) is 0 Å². The Morgan fingerprint density at radius 3 is 2.67 bits per heavy atom. The summed E-state index contributed by atoms with van der Waals surface area (Å²) in [5, 5.41) is 12.1. The molecule has 0 fully saturated rings. The van der Waals surface area contributed by atoms with E-state index in [1.165, 1.54) is 11.8 Å². The summed E-state index contributed by atoms with van der Waals surface area (Å²) < 4.78 is 6.78. The largest absolute Gasteiger partial charge is 0.455 e. The standard InChI is InChI=1S/C15H15BrN2O2S/c1-9-6-7-11(10(16)8-9)20-12-4-3-5-13(21-2)14(12)15(17)18-19/h3-8,19H,1-2H3,(H2,17,18). The molecule has 0 radical (unpaired) electrons. The van der Waals surface area contributed by atoms with Crippen LogP contribution in [0.1, 0.15) is 11.1 Å². The molecule has 0 amide bonds. The average Bonchev–Trinajstić information content (AvgIpc) is 2.49. The highest BCUT2D eigenvalue weighted by atomic mass is 79.9. The zero-order chi connectivity index (χ0) is 15.4. The highest BCUT2D eigenvalue weighted by molar-refractivity contribution is 9.10. The monoisotopic (exact) mass is 366 g/mol. The van der Waals surface area contributed by atoms with Gasteiger partial charge in [-0.25, -0.2) is 0 Å². The Labute approximate surface area is 136 Å². The summed E-state index contributed by atoms with van der Waals surface area (Å²) in [4.78, 5) is 0.881. The van der Waals surface area contributed by atoms with E-state index in [4.69, 9.17) is 15.7 Å². The number of rotatable bonds is 4. The van der Waals surface area contributed by atoms with Crippen LogP contribution in [0.3, 0.4) is 0 Å². The van der Waals surface area contributed by atoms with E-state index in [-0.39, 0.29) is 5.84 Å². The van der Waals surface area contributed by atoms with Gasteiger partial charge in [0.2, 0.25) is 0 Å². The third-order valence-electron chi connectivity index (χ3n) is 2.88. The van der Waals surface area contributed by atoms with E-state index in [2.05, 4.69) is 21.1 Å². The molecule has 0 aliphatic rings. The summed E-state index contributed by atoms with van der Waals surface area (Å²) >= 11 is 4.98. The number of thioether (sulfide) groups is 1. The van der Waals surface area contributed by atoms with Gasteiger partial charge in [-0.1, -0.05) is 17.3 Å². The lowest BCUT2D eigenvalue weighted by Gasteiger charge is -2.14. The Morgan fingerprint density at radius 1 is 1.29 bits per heavy atom. The van der Waals surface area contributed by atoms with E-state index in [1.54, 1.807) is 6.07 Å². The lowest BCUT2D eigenvalue weighted by Crippen LogP contribution is -2.15. The summed E-state index contributed by atoms with van der Waals surface area (Å²) in [5.41, 5.74) is 7.49. The van der Waals surface area contributed by atoms with Gasteiger partial charge in [-0.05, 0) is 58.9 Å². The number of nitrogens with two attached hydrogens (primary N) is 1. The number of halogens is 1. The highest BCUT2D eigenvalue weighted by Crippen LogP contribution is 2.35. The van der Waals surface area contributed by atoms with Crippen molar-refractivity contribution >= 4 is 33.5 Å². The number of aryl methyl sites for hydroxylation is 1. The Kier molecular flexibility index (Phi) is 5.14. The third kappa shape index (κ3) is 3.51. The molecule has 0 saturated carbocycles. The van der Waals surface area contributed by atoms with E-state index >= 15 is 0 Å². The molecule has 4 nitrogen and oxygen atoms in total. The maximum Gasteiger partial charge on any atom is 0.175 e. The number of hydrogen-bond acceptors (Lipinski definition) is 4. The zero-order valence-electron chi connectivity index (χ0n) is 11.6. The smallest absolute Gasteiger partial charge is 0.175 e. The number of amidine groups is 1. The molecular formula is C15H15BrN2O2S. The van der Waals surface area contributed by atoms with Gasteiger partial charge in [0.05, 0.1) is 10.0 Å². The first-order valence-corrected chi connectivity index (χ1v) is 8.17. The molecule has 0 unspecified atom stereocenters. The molecule has 2 rings (SSSR count). The van der Waals surface area contributed by atoms with Gasteiger partial charge in [0.25, 0.3) is 0 Å². The van der Waals surface area contributed by atoms with Crippen LogP contribution in [0.25, 0.3) is 0 Å². The predicted octanol–water partition coefficient (Wildman–Crippen LogP) is 4.37. The second kappa shape index (κ2) is 6.87. The number of benzene rings is 2. The van der Waals surface area contributed by atoms with Gasteiger partial charge >= 0.3 is 0 Å². The molecule has 110 valence electrons. The molecular weight excluding hydrogens is 352 g/mol. The van der Waals surface area contributed by atoms with Crippen molar-refractivity contribution in [1.82, 2.24) is 0 Å². The first-order chi connectivity index (χ1) is 10.1. The van der Waals surface area contributed by atoms with Crippen LogP contribution in [0.15, 0.2) is 50.9 Å². The minimum atomic E-state index is 0.0261. The fraction of sp³-hybridized carbons (Fsp3) is 0.133. The minimum absolute atomic E-state index is 0.0261. The fourth-order valence-electron chi connectivity index (χ4n) is 1.88. The van der Waals surface area contributed by atoms with Crippen molar-refractivity contribution in [3.63, 3.8) is 0 Å². The zero-order valence-corrected chi connectivity index (χ0v) is 14.0. The van der Waals surface area contributed by atoms with Gasteiger partial charge in [-0.3, -0.25) is 0 Å². The van der Waals surface area contributed by atoms with Crippen molar-refractivity contribution in [3.05, 3.63) is 52.0 Å². The fourth-order valence-corrected chi connectivity index (χ4v) is 3.07. The molecule has 2 aromatic rings. The van der Waals surface area contributed by atoms with E-state index < -0.39 is 0 Å². The maximum atomic E-state index is 8.98. The van der Waals surface area contributed by atoms with Gasteiger partial charge in [-0.15, -0.1) is 11.8 Å². The highest BCUT2D eigenvalue weighted by Gasteiger charge is 2.15. The van der Waals surface area contributed by atoms with Crippen molar-refractivity contribution in [2.45, 2.75) is 11.8 Å². The molecule has 0 heterocycles. The molecule has 0 spiro atoms. The molecule has 6 heteroatoms. The van der Waals surface area contributed by atoms with Crippen molar-refractivity contribution in [3.8, 4) is 11.5 Å². The van der Waals surface area contributed by atoms with Crippen LogP contribution < -0.4 is 10.5 Å². The summed E-state index contributed by atoms with van der Waals surface area (Å²) in [6.45, 7) is 2.00. The van der Waals surface area contributed by atoms with E-state index in [0.29, 0.717) is 17.1 Å². The van der Waals surface area contributed by atoms with Gasteiger partial charge in [0, 0.05) is 4.90 Å². The maximum absolute atomic E-state index is 8.98. The predicted molar refractivity (Wildman–Crippen MR) is 89.7 cm³/mol. The number of ether oxygens (including phenoxy) is 1. The first-order valence-electron chi connectivity index (χ1n) is 6.15. The molecule has 0 saturated heterocycles. The Morgan fingerprint density at radius 2 is 2.05 bits per heavy atom. The molecule has 21 heavy (non-hydrogen) atoms. The lowest BCUT2D eigenvalue weighted by molar-refractivity contribution is 0.318. The SMILES string of the molecule is CSc1cccc(Oc2ccc(C)cc2Br)c1/C(N)=N/O.